The molecule has 2 aromatic carbocycles. The molecule has 0 unspecified atom stereocenters. The highest BCUT2D eigenvalue weighted by molar-refractivity contribution is 6.07. The summed E-state index contributed by atoms with van der Waals surface area (Å²) < 4.78 is 3.70. The number of hydrogen-bond acceptors (Lipinski definition) is 5. The monoisotopic (exact) mass is 472 g/mol. The smallest absolute Gasteiger partial charge is 0.325 e. The first kappa shape index (κ1) is 22.3. The molecule has 0 fully saturated rings. The largest absolute Gasteiger partial charge is 0.332 e. The summed E-state index contributed by atoms with van der Waals surface area (Å²) in [7, 11) is 2.92. The summed E-state index contributed by atoms with van der Waals surface area (Å²) in [5.41, 5.74) is 2.48. The van der Waals surface area contributed by atoms with Gasteiger partial charge < -0.3 is 14.8 Å². The Morgan fingerprint density at radius 2 is 1.80 bits per heavy atom. The molecule has 0 radical (unpaired) electrons. The van der Waals surface area contributed by atoms with Crippen LogP contribution in [-0.4, -0.2) is 37.0 Å². The Balaban J connectivity index is 1.37. The van der Waals surface area contributed by atoms with E-state index in [1.165, 1.54) is 29.6 Å². The fourth-order valence-electron chi connectivity index (χ4n) is 4.49. The van der Waals surface area contributed by atoms with Gasteiger partial charge in [-0.3, -0.25) is 23.5 Å². The van der Waals surface area contributed by atoms with E-state index in [1.54, 1.807) is 23.1 Å². The second-order valence-electron chi connectivity index (χ2n) is 8.57. The van der Waals surface area contributed by atoms with Crippen LogP contribution < -0.4 is 21.5 Å². The van der Waals surface area contributed by atoms with Gasteiger partial charge in [-0.15, -0.1) is 0 Å². The molecule has 5 rings (SSSR count). The van der Waals surface area contributed by atoms with Crippen molar-refractivity contribution in [1.82, 2.24) is 18.7 Å². The highest BCUT2D eigenvalue weighted by Gasteiger charge is 2.24. The zero-order valence-electron chi connectivity index (χ0n) is 19.4. The van der Waals surface area contributed by atoms with Crippen LogP contribution in [0.15, 0.2) is 64.4 Å². The minimum Gasteiger partial charge on any atom is -0.325 e. The van der Waals surface area contributed by atoms with Crippen LogP contribution in [0.25, 0.3) is 11.2 Å². The average molecular weight is 473 g/mol. The average Bonchev–Trinajstić information content (AvgIpc) is 3.29. The van der Waals surface area contributed by atoms with E-state index in [2.05, 4.69) is 10.3 Å². The van der Waals surface area contributed by atoms with Crippen molar-refractivity contribution in [3.63, 3.8) is 0 Å². The molecule has 178 valence electrons. The van der Waals surface area contributed by atoms with Crippen LogP contribution in [0.2, 0.25) is 0 Å². The van der Waals surface area contributed by atoms with Crippen molar-refractivity contribution in [3.05, 3.63) is 86.8 Å². The van der Waals surface area contributed by atoms with Gasteiger partial charge in [-0.05, 0) is 48.7 Å². The van der Waals surface area contributed by atoms with Crippen LogP contribution in [0.1, 0.15) is 22.3 Å². The lowest BCUT2D eigenvalue weighted by atomic mass is 10.00. The molecule has 0 aliphatic carbocycles. The van der Waals surface area contributed by atoms with Gasteiger partial charge >= 0.3 is 5.69 Å². The van der Waals surface area contributed by atoms with Crippen LogP contribution in [0.3, 0.4) is 0 Å². The SMILES string of the molecule is Cn1c(=O)c2c(ncn2CC(=O)Nc2ccc3c(c2)CCCN3C(=O)c2ccccc2)n(C)c1=O. The van der Waals surface area contributed by atoms with E-state index >= 15 is 0 Å². The van der Waals surface area contributed by atoms with Crippen molar-refractivity contribution in [2.75, 3.05) is 16.8 Å². The summed E-state index contributed by atoms with van der Waals surface area (Å²) in [6.07, 6.45) is 3.00. The molecule has 0 spiro atoms. The standard InChI is InChI=1S/C25H24N6O4/c1-28-22-21(24(34)29(2)25(28)35)30(15-26-22)14-20(32)27-18-10-11-19-17(13-18)9-6-12-31(19)23(33)16-7-4-3-5-8-16/h3-5,7-8,10-11,13,15H,6,9,12,14H2,1-2H3,(H,27,32). The first-order valence-corrected chi connectivity index (χ1v) is 11.3. The van der Waals surface area contributed by atoms with Gasteiger partial charge in [0.15, 0.2) is 11.2 Å². The number of carbonyl (C=O) groups is 2. The van der Waals surface area contributed by atoms with Gasteiger partial charge in [0.1, 0.15) is 6.54 Å². The molecule has 2 amide bonds. The second-order valence-corrected chi connectivity index (χ2v) is 8.57. The van der Waals surface area contributed by atoms with Gasteiger partial charge in [-0.25, -0.2) is 9.78 Å². The number of amides is 2. The summed E-state index contributed by atoms with van der Waals surface area (Å²) >= 11 is 0. The van der Waals surface area contributed by atoms with Gasteiger partial charge in [0, 0.05) is 37.6 Å². The molecule has 1 N–H and O–H groups in total. The number of hydrogen-bond donors (Lipinski definition) is 1. The number of imidazole rings is 1. The van der Waals surface area contributed by atoms with Crippen LogP contribution >= 0.6 is 0 Å². The van der Waals surface area contributed by atoms with Gasteiger partial charge in [0.05, 0.1) is 6.33 Å². The molecule has 3 heterocycles. The molecule has 35 heavy (non-hydrogen) atoms. The maximum absolute atomic E-state index is 13.0. The predicted octanol–water partition coefficient (Wildman–Crippen LogP) is 1.67. The van der Waals surface area contributed by atoms with E-state index < -0.39 is 11.2 Å². The lowest BCUT2D eigenvalue weighted by Gasteiger charge is -2.30. The predicted molar refractivity (Wildman–Crippen MR) is 132 cm³/mol. The molecular weight excluding hydrogens is 448 g/mol. The summed E-state index contributed by atoms with van der Waals surface area (Å²) in [5, 5.41) is 2.86. The summed E-state index contributed by atoms with van der Waals surface area (Å²) in [4.78, 5) is 56.4. The lowest BCUT2D eigenvalue weighted by Crippen LogP contribution is -2.37. The Bertz CT molecular complexity index is 1580. The molecule has 2 aromatic heterocycles. The highest BCUT2D eigenvalue weighted by Crippen LogP contribution is 2.31. The van der Waals surface area contributed by atoms with E-state index in [9.17, 15) is 19.2 Å². The number of anilines is 2. The zero-order chi connectivity index (χ0) is 24.7. The Kier molecular flexibility index (Phi) is 5.56. The number of nitrogens with one attached hydrogen (secondary N) is 1. The molecule has 10 heteroatoms. The first-order chi connectivity index (χ1) is 16.8. The number of aryl methyl sites for hydroxylation is 2. The maximum atomic E-state index is 13.0. The molecule has 1 aliphatic rings. The van der Waals surface area contributed by atoms with E-state index in [0.29, 0.717) is 17.8 Å². The normalized spacial score (nSPS) is 13.0. The molecule has 1 aliphatic heterocycles. The molecule has 4 aromatic rings. The summed E-state index contributed by atoms with van der Waals surface area (Å²) in [6, 6.07) is 14.7. The Hall–Kier alpha value is -4.47. The molecular formula is C25H24N6O4. The molecule has 10 nitrogen and oxygen atoms in total. The minimum absolute atomic E-state index is 0.0497. The zero-order valence-corrected chi connectivity index (χ0v) is 19.4. The van der Waals surface area contributed by atoms with Gasteiger partial charge in [0.25, 0.3) is 11.5 Å². The number of benzene rings is 2. The van der Waals surface area contributed by atoms with E-state index in [4.69, 9.17) is 0 Å². The molecule has 0 bridgehead atoms. The van der Waals surface area contributed by atoms with Crippen molar-refractivity contribution in [3.8, 4) is 0 Å². The summed E-state index contributed by atoms with van der Waals surface area (Å²) in [5.74, 6) is -0.389. The van der Waals surface area contributed by atoms with Crippen molar-refractivity contribution in [2.24, 2.45) is 14.1 Å². The maximum Gasteiger partial charge on any atom is 0.332 e. The number of carbonyl (C=O) groups excluding carboxylic acids is 2. The quantitative estimate of drug-likeness (QED) is 0.486. The van der Waals surface area contributed by atoms with Crippen LogP contribution in [0, 0.1) is 0 Å². The van der Waals surface area contributed by atoms with Crippen molar-refractivity contribution < 1.29 is 9.59 Å². The topological polar surface area (TPSA) is 111 Å². The van der Waals surface area contributed by atoms with Crippen molar-refractivity contribution in [2.45, 2.75) is 19.4 Å². The first-order valence-electron chi connectivity index (χ1n) is 11.3. The third-order valence-corrected chi connectivity index (χ3v) is 6.28. The minimum atomic E-state index is -0.509. The number of nitrogens with zero attached hydrogens (tertiary/aromatic N) is 5. The number of rotatable bonds is 4. The molecule has 0 saturated carbocycles. The van der Waals surface area contributed by atoms with Crippen molar-refractivity contribution in [1.29, 1.82) is 0 Å². The van der Waals surface area contributed by atoms with E-state index in [0.717, 1.165) is 28.7 Å². The van der Waals surface area contributed by atoms with E-state index in [-0.39, 0.29) is 29.5 Å². The fourth-order valence-corrected chi connectivity index (χ4v) is 4.49. The molecule has 0 saturated heterocycles. The van der Waals surface area contributed by atoms with Gasteiger partial charge in [-0.1, -0.05) is 18.2 Å². The van der Waals surface area contributed by atoms with Crippen LogP contribution in [-0.2, 0) is 31.9 Å². The Morgan fingerprint density at radius 3 is 2.57 bits per heavy atom. The molecule has 0 atom stereocenters. The van der Waals surface area contributed by atoms with E-state index in [1.807, 2.05) is 30.3 Å². The Morgan fingerprint density at radius 1 is 1.03 bits per heavy atom. The third-order valence-electron chi connectivity index (χ3n) is 6.28. The van der Waals surface area contributed by atoms with Crippen LogP contribution in [0.4, 0.5) is 11.4 Å². The number of aromatic nitrogens is 4. The highest BCUT2D eigenvalue weighted by atomic mass is 16.2. The Labute approximate surface area is 200 Å². The lowest BCUT2D eigenvalue weighted by molar-refractivity contribution is -0.116. The van der Waals surface area contributed by atoms with Crippen LogP contribution in [0.5, 0.6) is 0 Å². The van der Waals surface area contributed by atoms with Gasteiger partial charge in [0.2, 0.25) is 5.91 Å². The number of fused-ring (bicyclic) bond motifs is 2. The fraction of sp³-hybridized carbons (Fsp3) is 0.240. The van der Waals surface area contributed by atoms with Gasteiger partial charge in [-0.2, -0.15) is 0 Å². The summed E-state index contributed by atoms with van der Waals surface area (Å²) in [6.45, 7) is 0.497. The van der Waals surface area contributed by atoms with Crippen molar-refractivity contribution >= 4 is 34.4 Å². The second kappa shape index (κ2) is 8.71. The third kappa shape index (κ3) is 3.92.